The third kappa shape index (κ3) is 7.53. The summed E-state index contributed by atoms with van der Waals surface area (Å²) in [6, 6.07) is 0. The number of esters is 1. The highest BCUT2D eigenvalue weighted by Gasteiger charge is 2.35. The molecule has 0 aliphatic carbocycles. The Balaban J connectivity index is 2.56. The van der Waals surface area contributed by atoms with Crippen molar-refractivity contribution in [3.63, 3.8) is 0 Å². The van der Waals surface area contributed by atoms with Crippen LogP contribution in [0.4, 0.5) is 0 Å². The van der Waals surface area contributed by atoms with Gasteiger partial charge in [0.05, 0.1) is 18.8 Å². The number of hydrogen-bond donors (Lipinski definition) is 0. The van der Waals surface area contributed by atoms with Gasteiger partial charge < -0.3 is 13.8 Å². The highest BCUT2D eigenvalue weighted by Crippen LogP contribution is 2.54. The van der Waals surface area contributed by atoms with Crippen LogP contribution in [0.5, 0.6) is 0 Å². The van der Waals surface area contributed by atoms with Gasteiger partial charge in [-0.3, -0.25) is 0 Å². The Morgan fingerprint density at radius 2 is 1.72 bits per heavy atom. The van der Waals surface area contributed by atoms with E-state index in [1.54, 1.807) is 6.92 Å². The molecule has 1 heterocycles. The lowest BCUT2D eigenvalue weighted by Crippen LogP contribution is -2.16. The van der Waals surface area contributed by atoms with Gasteiger partial charge in [-0.15, -0.1) is 0 Å². The minimum atomic E-state index is -3.15. The number of unbranched alkanes of at least 4 members (excludes halogenated alkanes) is 7. The molecule has 0 aromatic heterocycles. The van der Waals surface area contributed by atoms with Gasteiger partial charge in [0.2, 0.25) is 0 Å². The Bertz CT molecular complexity index is 486. The van der Waals surface area contributed by atoms with Gasteiger partial charge >= 0.3 is 13.6 Å². The maximum absolute atomic E-state index is 12.5. The van der Waals surface area contributed by atoms with Gasteiger partial charge in [0.25, 0.3) is 0 Å². The van der Waals surface area contributed by atoms with E-state index >= 15 is 0 Å². The van der Waals surface area contributed by atoms with Crippen molar-refractivity contribution < 1.29 is 23.1 Å². The standard InChI is InChI=1S/C19H35O5P/c1-5-6-7-8-9-10-11-12-13-17-14-15-25(21,23-4)24-16(2)18(17)19(20)22-3/h17H,5-15H2,1-4H3. The molecule has 0 aromatic rings. The van der Waals surface area contributed by atoms with Crippen molar-refractivity contribution in [1.82, 2.24) is 0 Å². The highest BCUT2D eigenvalue weighted by molar-refractivity contribution is 7.53. The zero-order chi connectivity index (χ0) is 18.7. The number of ether oxygens (including phenoxy) is 1. The van der Waals surface area contributed by atoms with Crippen molar-refractivity contribution in [2.24, 2.45) is 5.92 Å². The molecule has 5 nitrogen and oxygen atoms in total. The fourth-order valence-corrected chi connectivity index (χ4v) is 4.90. The Morgan fingerprint density at radius 3 is 2.28 bits per heavy atom. The van der Waals surface area contributed by atoms with Crippen molar-refractivity contribution in [3.05, 3.63) is 11.3 Å². The van der Waals surface area contributed by atoms with E-state index in [4.69, 9.17) is 13.8 Å². The fraction of sp³-hybridized carbons (Fsp3) is 0.842. The van der Waals surface area contributed by atoms with Crippen LogP contribution in [0.2, 0.25) is 0 Å². The van der Waals surface area contributed by atoms with Gasteiger partial charge in [0.1, 0.15) is 5.76 Å². The molecule has 0 spiro atoms. The van der Waals surface area contributed by atoms with E-state index < -0.39 is 7.60 Å². The molecule has 0 bridgehead atoms. The van der Waals surface area contributed by atoms with Crippen LogP contribution in [0.3, 0.4) is 0 Å². The lowest BCUT2D eigenvalue weighted by molar-refractivity contribution is -0.137. The molecule has 0 radical (unpaired) electrons. The van der Waals surface area contributed by atoms with Crippen molar-refractivity contribution >= 4 is 13.6 Å². The largest absolute Gasteiger partial charge is 0.466 e. The monoisotopic (exact) mass is 374 g/mol. The van der Waals surface area contributed by atoms with Crippen LogP contribution in [0, 0.1) is 5.92 Å². The highest BCUT2D eigenvalue weighted by atomic mass is 31.2. The number of allylic oxidation sites excluding steroid dienone is 1. The molecule has 0 saturated heterocycles. The molecule has 2 unspecified atom stereocenters. The van der Waals surface area contributed by atoms with Crippen LogP contribution in [0.25, 0.3) is 0 Å². The van der Waals surface area contributed by atoms with Crippen molar-refractivity contribution in [2.75, 3.05) is 20.4 Å². The summed E-state index contributed by atoms with van der Waals surface area (Å²) < 4.78 is 28.0. The second-order valence-electron chi connectivity index (χ2n) is 6.82. The Hall–Kier alpha value is -0.800. The number of hydrogen-bond acceptors (Lipinski definition) is 5. The van der Waals surface area contributed by atoms with E-state index in [1.165, 1.54) is 59.2 Å². The lowest BCUT2D eigenvalue weighted by Gasteiger charge is -2.17. The molecular weight excluding hydrogens is 339 g/mol. The van der Waals surface area contributed by atoms with Gasteiger partial charge in [-0.2, -0.15) is 0 Å². The molecule has 6 heteroatoms. The van der Waals surface area contributed by atoms with E-state index in [-0.39, 0.29) is 11.9 Å². The number of carbonyl (C=O) groups is 1. The van der Waals surface area contributed by atoms with Crippen LogP contribution in [-0.4, -0.2) is 26.4 Å². The lowest BCUT2D eigenvalue weighted by atomic mass is 9.89. The topological polar surface area (TPSA) is 61.8 Å². The normalized spacial score (nSPS) is 23.9. The van der Waals surface area contributed by atoms with Crippen LogP contribution in [0.1, 0.15) is 78.1 Å². The third-order valence-electron chi connectivity index (χ3n) is 4.90. The molecule has 2 atom stereocenters. The minimum Gasteiger partial charge on any atom is -0.466 e. The summed E-state index contributed by atoms with van der Waals surface area (Å²) in [7, 11) is -0.380. The van der Waals surface area contributed by atoms with E-state index in [2.05, 4.69) is 6.92 Å². The Kier molecular flexibility index (Phi) is 10.4. The van der Waals surface area contributed by atoms with Gasteiger partial charge in [-0.1, -0.05) is 58.3 Å². The van der Waals surface area contributed by atoms with E-state index in [0.717, 1.165) is 12.8 Å². The summed E-state index contributed by atoms with van der Waals surface area (Å²) in [5.41, 5.74) is 0.528. The molecule has 0 amide bonds. The molecule has 146 valence electrons. The molecule has 1 rings (SSSR count). The van der Waals surface area contributed by atoms with Crippen LogP contribution < -0.4 is 0 Å². The number of rotatable bonds is 11. The van der Waals surface area contributed by atoms with Crippen LogP contribution >= 0.6 is 7.60 Å². The molecule has 25 heavy (non-hydrogen) atoms. The van der Waals surface area contributed by atoms with Crippen molar-refractivity contribution in [2.45, 2.75) is 78.1 Å². The smallest absolute Gasteiger partial charge is 0.378 e. The van der Waals surface area contributed by atoms with Crippen LogP contribution in [0.15, 0.2) is 11.3 Å². The van der Waals surface area contributed by atoms with Crippen molar-refractivity contribution in [3.8, 4) is 0 Å². The predicted molar refractivity (Wildman–Crippen MR) is 101 cm³/mol. The van der Waals surface area contributed by atoms with E-state index in [1.807, 2.05) is 0 Å². The minimum absolute atomic E-state index is 0.0264. The summed E-state index contributed by atoms with van der Waals surface area (Å²) in [6.45, 7) is 3.91. The SMILES string of the molecule is CCCCCCCCCCC1CCP(=O)(OC)OC(C)=C1C(=O)OC. The molecular formula is C19H35O5P. The van der Waals surface area contributed by atoms with Gasteiger partial charge in [-0.05, 0) is 25.7 Å². The predicted octanol–water partition coefficient (Wildman–Crippen LogP) is 5.84. The Labute approximate surface area is 153 Å². The molecule has 1 aliphatic rings. The average Bonchev–Trinajstić information content (AvgIpc) is 2.73. The summed E-state index contributed by atoms with van der Waals surface area (Å²) in [6.07, 6.45) is 11.8. The maximum Gasteiger partial charge on any atom is 0.378 e. The van der Waals surface area contributed by atoms with E-state index in [9.17, 15) is 9.36 Å². The zero-order valence-corrected chi connectivity index (χ0v) is 17.2. The van der Waals surface area contributed by atoms with Gasteiger partial charge in [0.15, 0.2) is 0 Å². The van der Waals surface area contributed by atoms with Crippen molar-refractivity contribution in [1.29, 1.82) is 0 Å². The van der Waals surface area contributed by atoms with Gasteiger partial charge in [0, 0.05) is 7.11 Å². The molecule has 0 fully saturated rings. The third-order valence-corrected chi connectivity index (χ3v) is 6.82. The first kappa shape index (κ1) is 22.2. The van der Waals surface area contributed by atoms with Crippen LogP contribution in [-0.2, 0) is 23.1 Å². The first-order valence-electron chi connectivity index (χ1n) is 9.61. The first-order chi connectivity index (χ1) is 12.0. The Morgan fingerprint density at radius 1 is 1.12 bits per heavy atom. The first-order valence-corrected chi connectivity index (χ1v) is 11.3. The molecule has 0 aromatic carbocycles. The zero-order valence-electron chi connectivity index (χ0n) is 16.3. The maximum atomic E-state index is 12.5. The number of methoxy groups -OCH3 is 1. The summed E-state index contributed by atoms with van der Waals surface area (Å²) in [5, 5.41) is 0. The summed E-state index contributed by atoms with van der Waals surface area (Å²) in [5.74, 6) is 0.0317. The van der Waals surface area contributed by atoms with Gasteiger partial charge in [-0.25, -0.2) is 9.36 Å². The van der Waals surface area contributed by atoms with E-state index in [0.29, 0.717) is 23.9 Å². The molecule has 0 N–H and O–H groups in total. The fourth-order valence-electron chi connectivity index (χ4n) is 3.41. The average molecular weight is 374 g/mol. The number of carbonyl (C=O) groups excluding carboxylic acids is 1. The molecule has 0 saturated carbocycles. The summed E-state index contributed by atoms with van der Waals surface area (Å²) >= 11 is 0. The second kappa shape index (κ2) is 11.7. The molecule has 1 aliphatic heterocycles. The quantitative estimate of drug-likeness (QED) is 0.258. The summed E-state index contributed by atoms with van der Waals surface area (Å²) in [4.78, 5) is 12.2. The second-order valence-corrected chi connectivity index (χ2v) is 9.04.